The summed E-state index contributed by atoms with van der Waals surface area (Å²) in [5.41, 5.74) is 1.20. The number of carboxylic acid groups (broad SMARTS) is 3. The van der Waals surface area contributed by atoms with Gasteiger partial charge in [0.15, 0.2) is 0 Å². The van der Waals surface area contributed by atoms with Gasteiger partial charge in [0.25, 0.3) is 0 Å². The van der Waals surface area contributed by atoms with Gasteiger partial charge in [0.2, 0.25) is 0 Å². The van der Waals surface area contributed by atoms with Crippen molar-refractivity contribution in [2.45, 2.75) is 56.5 Å². The highest BCUT2D eigenvalue weighted by atomic mass is 32.1. The minimum atomic E-state index is -5.08. The molecule has 3 N–H and O–H groups in total. The van der Waals surface area contributed by atoms with Crippen LogP contribution in [0, 0.1) is 0 Å². The van der Waals surface area contributed by atoms with Crippen LogP contribution in [0.3, 0.4) is 0 Å². The number of hydrogen-bond acceptors (Lipinski definition) is 7. The summed E-state index contributed by atoms with van der Waals surface area (Å²) in [6.07, 6.45) is -10.7. The Morgan fingerprint density at radius 1 is 0.738 bits per heavy atom. The molecule has 0 aliphatic carbocycles. The highest BCUT2D eigenvalue weighted by Crippen LogP contribution is 2.33. The first kappa shape index (κ1) is 36.6. The van der Waals surface area contributed by atoms with E-state index in [-0.39, 0.29) is 0 Å². The maximum Gasteiger partial charge on any atom is 0.490 e. The van der Waals surface area contributed by atoms with E-state index in [1.807, 2.05) is 23.6 Å². The van der Waals surface area contributed by atoms with Crippen molar-refractivity contribution in [1.82, 2.24) is 14.8 Å². The van der Waals surface area contributed by atoms with E-state index in [2.05, 4.69) is 44.4 Å². The Kier molecular flexibility index (Phi) is 13.7. The van der Waals surface area contributed by atoms with Crippen LogP contribution in [0.1, 0.15) is 23.4 Å². The SMILES string of the molecule is O=C(O)C(F)(F)F.O=C(O)C(F)(F)F.O=C(O)C(F)(F)F.c1ccc(CN2CC[C@@H]3[C@@H]2CCN3Cc2cccs2)nc1. The van der Waals surface area contributed by atoms with Gasteiger partial charge in [-0.1, -0.05) is 12.1 Å². The van der Waals surface area contributed by atoms with Crippen molar-refractivity contribution >= 4 is 29.2 Å². The van der Waals surface area contributed by atoms with Crippen molar-refractivity contribution in [1.29, 1.82) is 0 Å². The van der Waals surface area contributed by atoms with Crippen molar-refractivity contribution in [3.05, 3.63) is 52.5 Å². The molecule has 2 atom stereocenters. The molecule has 4 heterocycles. The summed E-state index contributed by atoms with van der Waals surface area (Å²) in [7, 11) is 0. The summed E-state index contributed by atoms with van der Waals surface area (Å²) in [6, 6.07) is 12.1. The van der Waals surface area contributed by atoms with E-state index >= 15 is 0 Å². The van der Waals surface area contributed by atoms with Gasteiger partial charge < -0.3 is 15.3 Å². The van der Waals surface area contributed by atoms with E-state index in [1.165, 1.54) is 36.5 Å². The van der Waals surface area contributed by atoms with Crippen LogP contribution in [0.15, 0.2) is 41.9 Å². The van der Waals surface area contributed by atoms with Gasteiger partial charge in [-0.05, 0) is 36.4 Å². The Morgan fingerprint density at radius 2 is 1.17 bits per heavy atom. The molecule has 2 saturated heterocycles. The number of fused-ring (bicyclic) bond motifs is 1. The second-order valence-corrected chi connectivity index (χ2v) is 9.49. The molecular formula is C23H24F9N3O6S. The molecule has 9 nitrogen and oxygen atoms in total. The van der Waals surface area contributed by atoms with Gasteiger partial charge in [0, 0.05) is 49.3 Å². The van der Waals surface area contributed by atoms with Gasteiger partial charge in [-0.15, -0.1) is 11.3 Å². The fourth-order valence-electron chi connectivity index (χ4n) is 3.86. The van der Waals surface area contributed by atoms with E-state index in [9.17, 15) is 39.5 Å². The standard InChI is InChI=1S/C17H21N3S.3C2HF3O2/c1-2-8-18-14(4-1)12-19-9-6-17-16(19)7-10-20(17)13-15-5-3-11-21-15;3*3-2(4,5)1(6)7/h1-5,8,11,16-17H,6-7,9-10,12-13H2;3*(H,6,7)/t16-,17+;;;/m0.../s1. The van der Waals surface area contributed by atoms with Crippen LogP contribution >= 0.6 is 11.3 Å². The minimum absolute atomic E-state index is 0.729. The van der Waals surface area contributed by atoms with Crippen LogP contribution in [-0.2, 0) is 27.5 Å². The van der Waals surface area contributed by atoms with E-state index in [4.69, 9.17) is 29.7 Å². The molecule has 236 valence electrons. The maximum atomic E-state index is 10.6. The zero-order chi connectivity index (χ0) is 32.3. The van der Waals surface area contributed by atoms with Gasteiger partial charge in [0.05, 0.1) is 5.69 Å². The van der Waals surface area contributed by atoms with E-state index in [0.717, 1.165) is 25.2 Å². The zero-order valence-corrected chi connectivity index (χ0v) is 22.0. The monoisotopic (exact) mass is 641 g/mol. The Labute approximate surface area is 235 Å². The molecule has 42 heavy (non-hydrogen) atoms. The van der Waals surface area contributed by atoms with Gasteiger partial charge >= 0.3 is 36.4 Å². The Balaban J connectivity index is 0.000000348. The molecule has 0 unspecified atom stereocenters. The Bertz CT molecular complexity index is 1070. The van der Waals surface area contributed by atoms with Gasteiger partial charge in [-0.3, -0.25) is 14.8 Å². The highest BCUT2D eigenvalue weighted by Gasteiger charge is 2.42. The number of likely N-dealkylation sites (tertiary alicyclic amines) is 2. The number of nitrogens with zero attached hydrogens (tertiary/aromatic N) is 3. The number of carboxylic acids is 3. The lowest BCUT2D eigenvalue weighted by Gasteiger charge is -2.25. The topological polar surface area (TPSA) is 131 Å². The zero-order valence-electron chi connectivity index (χ0n) is 21.2. The second kappa shape index (κ2) is 15.7. The first-order chi connectivity index (χ1) is 19.2. The molecule has 0 spiro atoms. The molecule has 0 amide bonds. The fourth-order valence-corrected chi connectivity index (χ4v) is 4.59. The predicted octanol–water partition coefficient (Wildman–Crippen LogP) is 4.89. The predicted molar refractivity (Wildman–Crippen MR) is 127 cm³/mol. The van der Waals surface area contributed by atoms with E-state index < -0.39 is 36.4 Å². The van der Waals surface area contributed by atoms with Crippen LogP contribution in [0.5, 0.6) is 0 Å². The summed E-state index contributed by atoms with van der Waals surface area (Å²) in [4.78, 5) is 38.0. The van der Waals surface area contributed by atoms with E-state index in [0.29, 0.717) is 0 Å². The molecule has 2 aliphatic rings. The molecule has 2 aliphatic heterocycles. The molecule has 2 aromatic heterocycles. The lowest BCUT2D eigenvalue weighted by molar-refractivity contribution is -0.193. The molecule has 2 fully saturated rings. The largest absolute Gasteiger partial charge is 0.490 e. The molecule has 0 radical (unpaired) electrons. The third-order valence-electron chi connectivity index (χ3n) is 5.56. The van der Waals surface area contributed by atoms with Crippen LogP contribution < -0.4 is 0 Å². The lowest BCUT2D eigenvalue weighted by atomic mass is 10.1. The first-order valence-corrected chi connectivity index (χ1v) is 12.4. The fraction of sp³-hybridized carbons (Fsp3) is 0.478. The van der Waals surface area contributed by atoms with Gasteiger partial charge in [-0.2, -0.15) is 39.5 Å². The normalized spacial score (nSPS) is 18.8. The van der Waals surface area contributed by atoms with Crippen LogP contribution in [0.25, 0.3) is 0 Å². The lowest BCUT2D eigenvalue weighted by Crippen LogP contribution is -2.36. The molecule has 0 aromatic carbocycles. The molecule has 0 bridgehead atoms. The highest BCUT2D eigenvalue weighted by molar-refractivity contribution is 7.09. The average Bonchev–Trinajstić information content (AvgIpc) is 3.60. The van der Waals surface area contributed by atoms with Crippen molar-refractivity contribution in [3.8, 4) is 0 Å². The number of pyridine rings is 1. The summed E-state index contributed by atoms with van der Waals surface area (Å²) in [6.45, 7) is 4.60. The second-order valence-electron chi connectivity index (χ2n) is 8.46. The van der Waals surface area contributed by atoms with Crippen LogP contribution in [0.4, 0.5) is 39.5 Å². The molecule has 4 rings (SSSR count). The third-order valence-corrected chi connectivity index (χ3v) is 6.43. The molecule has 0 saturated carbocycles. The number of aliphatic carboxylic acids is 3. The number of carbonyl (C=O) groups is 3. The van der Waals surface area contributed by atoms with Gasteiger partial charge in [-0.25, -0.2) is 14.4 Å². The quantitative estimate of drug-likeness (QED) is 0.400. The Hall–Kier alpha value is -3.45. The van der Waals surface area contributed by atoms with Crippen molar-refractivity contribution < 1.29 is 69.2 Å². The van der Waals surface area contributed by atoms with E-state index in [1.54, 1.807) is 0 Å². The number of thiophene rings is 1. The third kappa shape index (κ3) is 13.0. The van der Waals surface area contributed by atoms with Gasteiger partial charge in [0.1, 0.15) is 0 Å². The van der Waals surface area contributed by atoms with Crippen LogP contribution in [0.2, 0.25) is 0 Å². The summed E-state index contributed by atoms with van der Waals surface area (Å²) in [5, 5.41) is 23.6. The van der Waals surface area contributed by atoms with Crippen LogP contribution in [-0.4, -0.2) is 91.7 Å². The average molecular weight is 642 g/mol. The molecule has 2 aromatic rings. The van der Waals surface area contributed by atoms with Crippen molar-refractivity contribution in [2.75, 3.05) is 13.1 Å². The number of halogens is 9. The first-order valence-electron chi connectivity index (χ1n) is 11.5. The number of aromatic nitrogens is 1. The molecule has 19 heteroatoms. The number of hydrogen-bond donors (Lipinski definition) is 3. The maximum absolute atomic E-state index is 10.6. The van der Waals surface area contributed by atoms with Crippen molar-refractivity contribution in [3.63, 3.8) is 0 Å². The Morgan fingerprint density at radius 3 is 1.50 bits per heavy atom. The minimum Gasteiger partial charge on any atom is -0.475 e. The summed E-state index contributed by atoms with van der Waals surface area (Å²) in [5.74, 6) is -8.27. The number of rotatable bonds is 4. The summed E-state index contributed by atoms with van der Waals surface area (Å²) >= 11 is 1.88. The molecular weight excluding hydrogens is 617 g/mol. The smallest absolute Gasteiger partial charge is 0.475 e. The van der Waals surface area contributed by atoms with Crippen molar-refractivity contribution in [2.24, 2.45) is 0 Å². The number of alkyl halides is 9. The summed E-state index contributed by atoms with van der Waals surface area (Å²) < 4.78 is 95.2.